The Balaban J connectivity index is 1.45. The van der Waals surface area contributed by atoms with Crippen molar-refractivity contribution in [3.63, 3.8) is 0 Å². The summed E-state index contributed by atoms with van der Waals surface area (Å²) in [5, 5.41) is 12.1. The number of carbonyl (C=O) groups excluding carboxylic acids is 2. The van der Waals surface area contributed by atoms with E-state index in [2.05, 4.69) is 20.5 Å². The molecule has 28 heavy (non-hydrogen) atoms. The van der Waals surface area contributed by atoms with Crippen molar-refractivity contribution in [2.24, 2.45) is 5.92 Å². The van der Waals surface area contributed by atoms with E-state index in [-0.39, 0.29) is 17.9 Å². The minimum Gasteiger partial charge on any atom is -0.444 e. The number of likely N-dealkylation sites (tertiary alicyclic amines) is 1. The molecule has 3 rings (SSSR count). The van der Waals surface area contributed by atoms with Crippen molar-refractivity contribution in [1.82, 2.24) is 20.1 Å². The zero-order valence-corrected chi connectivity index (χ0v) is 17.2. The Bertz CT molecular complexity index is 810. The van der Waals surface area contributed by atoms with Crippen LogP contribution in [0.2, 0.25) is 0 Å². The molecular formula is C19H25N5O3S. The van der Waals surface area contributed by atoms with Gasteiger partial charge in [0.2, 0.25) is 11.0 Å². The Labute approximate surface area is 168 Å². The Morgan fingerprint density at radius 1 is 1.25 bits per heavy atom. The molecule has 0 unspecified atom stereocenters. The quantitative estimate of drug-likeness (QED) is 0.838. The van der Waals surface area contributed by atoms with Crippen molar-refractivity contribution in [1.29, 1.82) is 0 Å². The molecule has 2 aromatic heterocycles. The highest BCUT2D eigenvalue weighted by Crippen LogP contribution is 2.26. The fourth-order valence-corrected chi connectivity index (χ4v) is 3.68. The summed E-state index contributed by atoms with van der Waals surface area (Å²) in [5.74, 6) is 0.154. The molecule has 1 fully saturated rings. The fourth-order valence-electron chi connectivity index (χ4n) is 2.95. The Kier molecular flexibility index (Phi) is 6.23. The smallest absolute Gasteiger partial charge is 0.410 e. The maximum atomic E-state index is 12.3. The summed E-state index contributed by atoms with van der Waals surface area (Å²) in [7, 11) is 0. The Morgan fingerprint density at radius 2 is 2.00 bits per heavy atom. The lowest BCUT2D eigenvalue weighted by atomic mass is 9.93. The summed E-state index contributed by atoms with van der Waals surface area (Å²) >= 11 is 1.30. The van der Waals surface area contributed by atoms with Crippen LogP contribution in [0.1, 0.15) is 40.0 Å². The molecule has 8 nitrogen and oxygen atoms in total. The highest BCUT2D eigenvalue weighted by atomic mass is 32.1. The minimum atomic E-state index is -0.496. The molecular weight excluding hydrogens is 378 g/mol. The van der Waals surface area contributed by atoms with E-state index in [1.807, 2.05) is 39.0 Å². The lowest BCUT2D eigenvalue weighted by Crippen LogP contribution is -2.42. The zero-order chi connectivity index (χ0) is 20.1. The molecule has 1 aliphatic rings. The fraction of sp³-hybridized carbons (Fsp3) is 0.526. The highest BCUT2D eigenvalue weighted by molar-refractivity contribution is 7.18. The molecule has 2 amide bonds. The maximum Gasteiger partial charge on any atom is 0.410 e. The summed E-state index contributed by atoms with van der Waals surface area (Å²) in [6.07, 6.45) is 3.37. The molecule has 1 aliphatic heterocycles. The van der Waals surface area contributed by atoms with E-state index in [1.54, 1.807) is 11.1 Å². The largest absolute Gasteiger partial charge is 0.444 e. The number of hydrogen-bond acceptors (Lipinski definition) is 7. The zero-order valence-electron chi connectivity index (χ0n) is 16.3. The normalized spacial score (nSPS) is 15.3. The Hall–Kier alpha value is -2.55. The number of amides is 2. The second-order valence-electron chi connectivity index (χ2n) is 7.79. The second kappa shape index (κ2) is 8.64. The van der Waals surface area contributed by atoms with Crippen molar-refractivity contribution in [3.8, 4) is 10.7 Å². The van der Waals surface area contributed by atoms with Gasteiger partial charge in [-0.25, -0.2) is 4.79 Å². The number of nitrogens with zero attached hydrogens (tertiary/aromatic N) is 4. The van der Waals surface area contributed by atoms with E-state index >= 15 is 0 Å². The number of nitrogens with one attached hydrogen (secondary N) is 1. The average molecular weight is 404 g/mol. The van der Waals surface area contributed by atoms with Gasteiger partial charge in [-0.3, -0.25) is 9.78 Å². The molecule has 0 radical (unpaired) electrons. The number of carbonyl (C=O) groups is 2. The molecule has 0 spiro atoms. The standard InChI is InChI=1S/C19H25N5O3S/c1-19(2,3)27-18(26)24-10-7-13(8-11-24)12-15(25)21-17-23-22-16(28-17)14-6-4-5-9-20-14/h4-6,9,13H,7-8,10-12H2,1-3H3,(H,21,23,25). The molecule has 0 saturated carbocycles. The van der Waals surface area contributed by atoms with Crippen LogP contribution in [0.25, 0.3) is 10.7 Å². The van der Waals surface area contributed by atoms with Gasteiger partial charge in [0.05, 0.1) is 0 Å². The maximum absolute atomic E-state index is 12.3. The SMILES string of the molecule is CC(C)(C)OC(=O)N1CCC(CC(=O)Nc2nnc(-c3ccccn3)s2)CC1. The third-order valence-electron chi connectivity index (χ3n) is 4.30. The van der Waals surface area contributed by atoms with E-state index in [0.29, 0.717) is 29.6 Å². The van der Waals surface area contributed by atoms with Crippen LogP contribution < -0.4 is 5.32 Å². The summed E-state index contributed by atoms with van der Waals surface area (Å²) in [6, 6.07) is 5.57. The van der Waals surface area contributed by atoms with Crippen LogP contribution >= 0.6 is 11.3 Å². The molecule has 0 atom stereocenters. The average Bonchev–Trinajstić information content (AvgIpc) is 3.10. The highest BCUT2D eigenvalue weighted by Gasteiger charge is 2.28. The number of ether oxygens (including phenoxy) is 1. The van der Waals surface area contributed by atoms with Gasteiger partial charge in [0.25, 0.3) is 0 Å². The second-order valence-corrected chi connectivity index (χ2v) is 8.77. The molecule has 9 heteroatoms. The third kappa shape index (κ3) is 5.72. The molecule has 3 heterocycles. The van der Waals surface area contributed by atoms with Crippen molar-refractivity contribution < 1.29 is 14.3 Å². The monoisotopic (exact) mass is 403 g/mol. The van der Waals surface area contributed by atoms with E-state index in [9.17, 15) is 9.59 Å². The first-order valence-corrected chi connectivity index (χ1v) is 10.1. The number of pyridine rings is 1. The lowest BCUT2D eigenvalue weighted by molar-refractivity contribution is -0.117. The number of rotatable bonds is 4. The van der Waals surface area contributed by atoms with Crippen LogP contribution in [0.5, 0.6) is 0 Å². The minimum absolute atomic E-state index is 0.0839. The molecule has 0 bridgehead atoms. The lowest BCUT2D eigenvalue weighted by Gasteiger charge is -2.33. The van der Waals surface area contributed by atoms with Crippen LogP contribution in [0.15, 0.2) is 24.4 Å². The van der Waals surface area contributed by atoms with Crippen molar-refractivity contribution in [2.75, 3.05) is 18.4 Å². The topological polar surface area (TPSA) is 97.3 Å². The molecule has 0 aliphatic carbocycles. The number of piperidine rings is 1. The summed E-state index contributed by atoms with van der Waals surface area (Å²) in [6.45, 7) is 6.78. The van der Waals surface area contributed by atoms with E-state index in [0.717, 1.165) is 18.5 Å². The number of aromatic nitrogens is 3. The first-order valence-electron chi connectivity index (χ1n) is 9.33. The van der Waals surface area contributed by atoms with Gasteiger partial charge in [-0.15, -0.1) is 10.2 Å². The predicted octanol–water partition coefficient (Wildman–Crippen LogP) is 3.58. The van der Waals surface area contributed by atoms with Gasteiger partial charge in [0, 0.05) is 25.7 Å². The van der Waals surface area contributed by atoms with Gasteiger partial charge >= 0.3 is 6.09 Å². The summed E-state index contributed by atoms with van der Waals surface area (Å²) in [5.41, 5.74) is 0.235. The van der Waals surface area contributed by atoms with E-state index in [1.165, 1.54) is 11.3 Å². The van der Waals surface area contributed by atoms with E-state index in [4.69, 9.17) is 4.74 Å². The predicted molar refractivity (Wildman–Crippen MR) is 107 cm³/mol. The molecule has 2 aromatic rings. The molecule has 150 valence electrons. The van der Waals surface area contributed by atoms with Crippen molar-refractivity contribution in [3.05, 3.63) is 24.4 Å². The summed E-state index contributed by atoms with van der Waals surface area (Å²) < 4.78 is 5.40. The van der Waals surface area contributed by atoms with Gasteiger partial charge in [-0.2, -0.15) is 0 Å². The Morgan fingerprint density at radius 3 is 2.64 bits per heavy atom. The van der Waals surface area contributed by atoms with Crippen molar-refractivity contribution >= 4 is 28.5 Å². The van der Waals surface area contributed by atoms with Gasteiger partial charge in [-0.05, 0) is 51.7 Å². The van der Waals surface area contributed by atoms with Gasteiger partial charge in [0.1, 0.15) is 11.3 Å². The van der Waals surface area contributed by atoms with Crippen molar-refractivity contribution in [2.45, 2.75) is 45.6 Å². The van der Waals surface area contributed by atoms with Gasteiger partial charge < -0.3 is 15.0 Å². The van der Waals surface area contributed by atoms with E-state index < -0.39 is 5.60 Å². The molecule has 0 aromatic carbocycles. The van der Waals surface area contributed by atoms with Crippen LogP contribution in [-0.4, -0.2) is 50.8 Å². The first kappa shape index (κ1) is 20.2. The van der Waals surface area contributed by atoms with Crippen LogP contribution in [0, 0.1) is 5.92 Å². The molecule has 1 saturated heterocycles. The number of anilines is 1. The van der Waals surface area contributed by atoms with Gasteiger partial charge in [-0.1, -0.05) is 17.4 Å². The van der Waals surface area contributed by atoms with Crippen LogP contribution in [-0.2, 0) is 9.53 Å². The first-order chi connectivity index (χ1) is 13.3. The summed E-state index contributed by atoms with van der Waals surface area (Å²) in [4.78, 5) is 30.4. The number of hydrogen-bond donors (Lipinski definition) is 1. The van der Waals surface area contributed by atoms with Crippen LogP contribution in [0.3, 0.4) is 0 Å². The third-order valence-corrected chi connectivity index (χ3v) is 5.16. The van der Waals surface area contributed by atoms with Crippen LogP contribution in [0.4, 0.5) is 9.93 Å². The van der Waals surface area contributed by atoms with Gasteiger partial charge in [0.15, 0.2) is 5.01 Å². The molecule has 1 N–H and O–H groups in total.